The molecule has 0 amide bonds. The SMILES string of the molecule is COc1ccc(CNc2nc3ccc(-c4cnc(OC)c(NS(=O)(=O)c5ccc(F)cc5F)c4)cc3c(=O)n2-c2ccc(Br)cc2)cc1OC. The molecule has 0 aliphatic rings. The molecule has 0 saturated heterocycles. The molecular formula is C35H28BrF2N5O6S. The Balaban J connectivity index is 1.41. The van der Waals surface area contributed by atoms with Gasteiger partial charge in [0, 0.05) is 28.8 Å². The van der Waals surface area contributed by atoms with E-state index in [0.717, 1.165) is 22.2 Å². The Kier molecular flexibility index (Phi) is 9.70. The lowest BCUT2D eigenvalue weighted by Gasteiger charge is -2.16. The van der Waals surface area contributed by atoms with Gasteiger partial charge < -0.3 is 19.5 Å². The highest BCUT2D eigenvalue weighted by molar-refractivity contribution is 9.10. The van der Waals surface area contributed by atoms with Crippen molar-refractivity contribution in [3.8, 4) is 34.2 Å². The first-order valence-electron chi connectivity index (χ1n) is 14.8. The number of nitrogens with zero attached hydrogens (tertiary/aromatic N) is 3. The van der Waals surface area contributed by atoms with Crippen LogP contribution < -0.4 is 29.8 Å². The largest absolute Gasteiger partial charge is 0.493 e. The number of sulfonamides is 1. The first kappa shape index (κ1) is 34.3. The average Bonchev–Trinajstić information content (AvgIpc) is 3.10. The van der Waals surface area contributed by atoms with Gasteiger partial charge in [-0.05, 0) is 77.9 Å². The van der Waals surface area contributed by atoms with Gasteiger partial charge in [0.15, 0.2) is 11.5 Å². The molecule has 0 bridgehead atoms. The summed E-state index contributed by atoms with van der Waals surface area (Å²) in [5.41, 5.74) is 2.26. The van der Waals surface area contributed by atoms with E-state index in [1.807, 2.05) is 24.3 Å². The number of fused-ring (bicyclic) bond motifs is 1. The Morgan fingerprint density at radius 2 is 1.60 bits per heavy atom. The van der Waals surface area contributed by atoms with Crippen LogP contribution in [-0.4, -0.2) is 44.3 Å². The second-order valence-corrected chi connectivity index (χ2v) is 13.4. The molecule has 11 nitrogen and oxygen atoms in total. The maximum Gasteiger partial charge on any atom is 0.267 e. The number of pyridine rings is 1. The van der Waals surface area contributed by atoms with Crippen LogP contribution in [0.15, 0.2) is 105 Å². The minimum absolute atomic E-state index is 0.0925. The van der Waals surface area contributed by atoms with Gasteiger partial charge in [0.2, 0.25) is 11.8 Å². The molecule has 6 aromatic rings. The number of ether oxygens (including phenoxy) is 3. The summed E-state index contributed by atoms with van der Waals surface area (Å²) in [6.07, 6.45) is 1.44. The fourth-order valence-electron chi connectivity index (χ4n) is 5.22. The van der Waals surface area contributed by atoms with Crippen LogP contribution in [0, 0.1) is 11.6 Å². The number of hydrogen-bond acceptors (Lipinski definition) is 9. The Labute approximate surface area is 293 Å². The van der Waals surface area contributed by atoms with E-state index in [9.17, 15) is 22.0 Å². The number of rotatable bonds is 11. The molecule has 0 atom stereocenters. The van der Waals surface area contributed by atoms with Gasteiger partial charge in [0.1, 0.15) is 22.2 Å². The molecule has 0 spiro atoms. The summed E-state index contributed by atoms with van der Waals surface area (Å²) in [5.74, 6) is -0.840. The van der Waals surface area contributed by atoms with Gasteiger partial charge >= 0.3 is 0 Å². The van der Waals surface area contributed by atoms with E-state index in [-0.39, 0.29) is 22.5 Å². The zero-order valence-electron chi connectivity index (χ0n) is 26.7. The van der Waals surface area contributed by atoms with Crippen molar-refractivity contribution in [2.45, 2.75) is 11.4 Å². The number of benzene rings is 4. The smallest absolute Gasteiger partial charge is 0.267 e. The molecule has 2 heterocycles. The quantitative estimate of drug-likeness (QED) is 0.144. The van der Waals surface area contributed by atoms with Crippen molar-refractivity contribution in [3.05, 3.63) is 123 Å². The maximum atomic E-state index is 14.4. The summed E-state index contributed by atoms with van der Waals surface area (Å²) in [6, 6.07) is 21.2. The van der Waals surface area contributed by atoms with Crippen LogP contribution in [0.2, 0.25) is 0 Å². The summed E-state index contributed by atoms with van der Waals surface area (Å²) in [6.45, 7) is 0.310. The fraction of sp³-hybridized carbons (Fsp3) is 0.114. The molecule has 50 heavy (non-hydrogen) atoms. The molecule has 0 unspecified atom stereocenters. The molecule has 0 aliphatic carbocycles. The standard InChI is InChI=1S/C35H28BrF2N5O6S/c1-47-30-12-4-20(14-31(30)48-2)18-40-35-41-28-11-5-21(15-26(28)34(44)43(35)25-9-6-23(36)7-10-25)22-16-29(33(49-3)39-19-22)42-50(45,46)32-13-8-24(37)17-27(32)38/h4-17,19,42H,18H2,1-3H3,(H,40,41). The van der Waals surface area contributed by atoms with Crippen LogP contribution in [0.1, 0.15) is 5.56 Å². The van der Waals surface area contributed by atoms with Gasteiger partial charge in [-0.1, -0.05) is 28.1 Å². The van der Waals surface area contributed by atoms with Crippen molar-refractivity contribution in [1.29, 1.82) is 0 Å². The van der Waals surface area contributed by atoms with E-state index in [2.05, 4.69) is 31.0 Å². The molecule has 0 aliphatic heterocycles. The number of aromatic nitrogens is 3. The Bertz CT molecular complexity index is 2410. The third-order valence-corrected chi connectivity index (χ3v) is 9.58. The molecular weight excluding hydrogens is 736 g/mol. The van der Waals surface area contributed by atoms with Crippen molar-refractivity contribution in [1.82, 2.24) is 14.5 Å². The average molecular weight is 765 g/mol. The van der Waals surface area contributed by atoms with Crippen LogP contribution in [-0.2, 0) is 16.6 Å². The molecule has 15 heteroatoms. The summed E-state index contributed by atoms with van der Waals surface area (Å²) in [7, 11) is -0.109. The third-order valence-electron chi connectivity index (χ3n) is 7.66. The highest BCUT2D eigenvalue weighted by atomic mass is 79.9. The minimum Gasteiger partial charge on any atom is -0.493 e. The van der Waals surface area contributed by atoms with Crippen molar-refractivity contribution < 1.29 is 31.4 Å². The van der Waals surface area contributed by atoms with Gasteiger partial charge in [-0.3, -0.25) is 9.52 Å². The van der Waals surface area contributed by atoms with E-state index in [1.165, 1.54) is 23.9 Å². The van der Waals surface area contributed by atoms with E-state index in [1.54, 1.807) is 50.6 Å². The van der Waals surface area contributed by atoms with Gasteiger partial charge in [-0.2, -0.15) is 0 Å². The Morgan fingerprint density at radius 1 is 0.840 bits per heavy atom. The number of nitrogens with one attached hydrogen (secondary N) is 2. The van der Waals surface area contributed by atoms with E-state index >= 15 is 0 Å². The summed E-state index contributed by atoms with van der Waals surface area (Å²) in [4.78, 5) is 22.5. The predicted molar refractivity (Wildman–Crippen MR) is 189 cm³/mol. The summed E-state index contributed by atoms with van der Waals surface area (Å²) < 4.78 is 74.6. The number of hydrogen-bond donors (Lipinski definition) is 2. The molecule has 6 rings (SSSR count). The lowest BCUT2D eigenvalue weighted by molar-refractivity contribution is 0.354. The lowest BCUT2D eigenvalue weighted by atomic mass is 10.0. The van der Waals surface area contributed by atoms with E-state index in [4.69, 9.17) is 19.2 Å². The summed E-state index contributed by atoms with van der Waals surface area (Å²) >= 11 is 3.44. The van der Waals surface area contributed by atoms with Gasteiger partial charge in [-0.25, -0.2) is 31.7 Å². The lowest BCUT2D eigenvalue weighted by Crippen LogP contribution is -2.24. The van der Waals surface area contributed by atoms with Crippen LogP contribution >= 0.6 is 15.9 Å². The van der Waals surface area contributed by atoms with Crippen LogP contribution in [0.3, 0.4) is 0 Å². The molecule has 0 fully saturated rings. The molecule has 4 aromatic carbocycles. The first-order chi connectivity index (χ1) is 24.0. The maximum absolute atomic E-state index is 14.4. The van der Waals surface area contributed by atoms with E-state index in [0.29, 0.717) is 52.4 Å². The van der Waals surface area contributed by atoms with Crippen molar-refractivity contribution in [2.75, 3.05) is 31.4 Å². The van der Waals surface area contributed by atoms with Crippen LogP contribution in [0.4, 0.5) is 20.4 Å². The second kappa shape index (κ2) is 14.1. The van der Waals surface area contributed by atoms with Gasteiger partial charge in [0.25, 0.3) is 15.6 Å². The Morgan fingerprint density at radius 3 is 2.30 bits per heavy atom. The number of halogens is 3. The molecule has 0 radical (unpaired) electrons. The van der Waals surface area contributed by atoms with Crippen molar-refractivity contribution in [2.24, 2.45) is 0 Å². The molecule has 256 valence electrons. The van der Waals surface area contributed by atoms with Crippen LogP contribution in [0.25, 0.3) is 27.7 Å². The topological polar surface area (TPSA) is 134 Å². The summed E-state index contributed by atoms with van der Waals surface area (Å²) in [5, 5.41) is 3.55. The van der Waals surface area contributed by atoms with E-state index < -0.39 is 26.6 Å². The number of methoxy groups -OCH3 is 3. The molecule has 0 saturated carbocycles. The molecule has 2 aromatic heterocycles. The van der Waals surface area contributed by atoms with Gasteiger partial charge in [-0.15, -0.1) is 0 Å². The normalized spacial score (nSPS) is 11.3. The minimum atomic E-state index is -4.51. The van der Waals surface area contributed by atoms with Crippen molar-refractivity contribution in [3.63, 3.8) is 0 Å². The fourth-order valence-corrected chi connectivity index (χ4v) is 6.60. The monoisotopic (exact) mass is 763 g/mol. The zero-order valence-corrected chi connectivity index (χ0v) is 29.1. The van der Waals surface area contributed by atoms with Crippen LogP contribution in [0.5, 0.6) is 17.4 Å². The highest BCUT2D eigenvalue weighted by Crippen LogP contribution is 2.32. The highest BCUT2D eigenvalue weighted by Gasteiger charge is 2.23. The third kappa shape index (κ3) is 6.95. The molecule has 2 N–H and O–H groups in total. The van der Waals surface area contributed by atoms with Gasteiger partial charge in [0.05, 0.1) is 37.9 Å². The second-order valence-electron chi connectivity index (χ2n) is 10.8. The number of anilines is 2. The zero-order chi connectivity index (χ0) is 35.6. The Hall–Kier alpha value is -5.54. The predicted octanol–water partition coefficient (Wildman–Crippen LogP) is 6.93. The van der Waals surface area contributed by atoms with Crippen molar-refractivity contribution >= 4 is 48.5 Å². The first-order valence-corrected chi connectivity index (χ1v) is 17.1.